The van der Waals surface area contributed by atoms with Gasteiger partial charge in [-0.1, -0.05) is 13.0 Å². The van der Waals surface area contributed by atoms with Crippen molar-refractivity contribution < 1.29 is 14.2 Å². The molecular formula is C15H23NO3. The molecule has 0 saturated carbocycles. The van der Waals surface area contributed by atoms with Crippen LogP contribution in [0.4, 0.5) is 0 Å². The highest BCUT2D eigenvalue weighted by atomic mass is 16.5. The number of rotatable bonds is 5. The molecule has 0 aromatic heterocycles. The summed E-state index contributed by atoms with van der Waals surface area (Å²) in [7, 11) is 0. The summed E-state index contributed by atoms with van der Waals surface area (Å²) in [5.41, 5.74) is 7.32. The van der Waals surface area contributed by atoms with E-state index in [-0.39, 0.29) is 12.1 Å². The van der Waals surface area contributed by atoms with Crippen LogP contribution in [0.5, 0.6) is 11.5 Å². The van der Waals surface area contributed by atoms with Gasteiger partial charge in [0.15, 0.2) is 11.5 Å². The van der Waals surface area contributed by atoms with Gasteiger partial charge in [0.05, 0.1) is 25.4 Å². The van der Waals surface area contributed by atoms with Crippen molar-refractivity contribution in [3.05, 3.63) is 23.8 Å². The van der Waals surface area contributed by atoms with Gasteiger partial charge in [-0.25, -0.2) is 0 Å². The average molecular weight is 265 g/mol. The Kier molecular flexibility index (Phi) is 5.05. The van der Waals surface area contributed by atoms with E-state index in [4.69, 9.17) is 19.9 Å². The molecule has 1 aromatic carbocycles. The Morgan fingerprint density at radius 1 is 1.21 bits per heavy atom. The standard InChI is InChI=1S/C15H23NO3/c1-3-12(17-4-2)15(16)11-6-7-13-14(10-11)19-9-5-8-18-13/h6-7,10,12,15H,3-5,8-9,16H2,1-2H3. The van der Waals surface area contributed by atoms with Crippen molar-refractivity contribution in [2.45, 2.75) is 38.8 Å². The van der Waals surface area contributed by atoms with Gasteiger partial charge >= 0.3 is 0 Å². The third kappa shape index (κ3) is 3.39. The van der Waals surface area contributed by atoms with Crippen molar-refractivity contribution in [1.29, 1.82) is 0 Å². The second-order valence-electron chi connectivity index (χ2n) is 4.68. The maximum Gasteiger partial charge on any atom is 0.161 e. The summed E-state index contributed by atoms with van der Waals surface area (Å²) >= 11 is 0. The second kappa shape index (κ2) is 6.78. The Morgan fingerprint density at radius 3 is 2.63 bits per heavy atom. The lowest BCUT2D eigenvalue weighted by atomic mass is 10.00. The van der Waals surface area contributed by atoms with E-state index in [1.807, 2.05) is 25.1 Å². The van der Waals surface area contributed by atoms with E-state index in [0.717, 1.165) is 29.9 Å². The lowest BCUT2D eigenvalue weighted by Crippen LogP contribution is -2.28. The smallest absolute Gasteiger partial charge is 0.161 e. The third-order valence-corrected chi connectivity index (χ3v) is 3.34. The van der Waals surface area contributed by atoms with E-state index >= 15 is 0 Å². The van der Waals surface area contributed by atoms with Gasteiger partial charge in [0, 0.05) is 13.0 Å². The highest BCUT2D eigenvalue weighted by molar-refractivity contribution is 5.44. The molecule has 0 radical (unpaired) electrons. The number of hydrogen-bond donors (Lipinski definition) is 1. The molecule has 4 nitrogen and oxygen atoms in total. The molecule has 1 heterocycles. The molecule has 1 aromatic rings. The Balaban J connectivity index is 2.18. The minimum absolute atomic E-state index is 0.0368. The quantitative estimate of drug-likeness (QED) is 0.889. The molecule has 0 saturated heterocycles. The zero-order chi connectivity index (χ0) is 13.7. The normalized spacial score (nSPS) is 17.6. The summed E-state index contributed by atoms with van der Waals surface area (Å²) in [6.07, 6.45) is 1.84. The van der Waals surface area contributed by atoms with Gasteiger partial charge in [-0.15, -0.1) is 0 Å². The van der Waals surface area contributed by atoms with Crippen LogP contribution in [0.1, 0.15) is 38.3 Å². The fourth-order valence-corrected chi connectivity index (χ4v) is 2.29. The molecule has 2 unspecified atom stereocenters. The van der Waals surface area contributed by atoms with E-state index in [1.54, 1.807) is 0 Å². The van der Waals surface area contributed by atoms with Crippen LogP contribution in [0.15, 0.2) is 18.2 Å². The second-order valence-corrected chi connectivity index (χ2v) is 4.68. The van der Waals surface area contributed by atoms with Crippen LogP contribution in [0.2, 0.25) is 0 Å². The van der Waals surface area contributed by atoms with Gasteiger partial charge in [0.1, 0.15) is 0 Å². The van der Waals surface area contributed by atoms with Crippen LogP contribution in [0.3, 0.4) is 0 Å². The molecule has 0 bridgehead atoms. The fourth-order valence-electron chi connectivity index (χ4n) is 2.29. The van der Waals surface area contributed by atoms with Crippen LogP contribution in [0, 0.1) is 0 Å². The number of fused-ring (bicyclic) bond motifs is 1. The Labute approximate surface area is 114 Å². The summed E-state index contributed by atoms with van der Waals surface area (Å²) in [4.78, 5) is 0. The summed E-state index contributed by atoms with van der Waals surface area (Å²) in [5, 5.41) is 0. The molecule has 2 atom stereocenters. The van der Waals surface area contributed by atoms with E-state index in [9.17, 15) is 0 Å². The molecule has 106 valence electrons. The summed E-state index contributed by atoms with van der Waals surface area (Å²) < 4.78 is 17.0. The van der Waals surface area contributed by atoms with Gasteiger partial charge in [-0.2, -0.15) is 0 Å². The molecule has 2 N–H and O–H groups in total. The first-order chi connectivity index (χ1) is 9.26. The van der Waals surface area contributed by atoms with Crippen LogP contribution in [-0.4, -0.2) is 25.9 Å². The van der Waals surface area contributed by atoms with Crippen LogP contribution in [-0.2, 0) is 4.74 Å². The van der Waals surface area contributed by atoms with E-state index < -0.39 is 0 Å². The molecule has 0 amide bonds. The van der Waals surface area contributed by atoms with Crippen molar-refractivity contribution >= 4 is 0 Å². The highest BCUT2D eigenvalue weighted by Crippen LogP contribution is 2.33. The molecule has 4 heteroatoms. The molecule has 0 fully saturated rings. The maximum atomic E-state index is 6.29. The van der Waals surface area contributed by atoms with Crippen molar-refractivity contribution in [2.75, 3.05) is 19.8 Å². The van der Waals surface area contributed by atoms with Crippen LogP contribution >= 0.6 is 0 Å². The zero-order valence-electron chi connectivity index (χ0n) is 11.7. The highest BCUT2D eigenvalue weighted by Gasteiger charge is 2.20. The average Bonchev–Trinajstić information content (AvgIpc) is 2.68. The fraction of sp³-hybridized carbons (Fsp3) is 0.600. The third-order valence-electron chi connectivity index (χ3n) is 3.34. The maximum absolute atomic E-state index is 6.29. The monoisotopic (exact) mass is 265 g/mol. The van der Waals surface area contributed by atoms with Gasteiger partial charge in [-0.3, -0.25) is 0 Å². The van der Waals surface area contributed by atoms with Crippen molar-refractivity contribution in [2.24, 2.45) is 5.73 Å². The number of benzene rings is 1. The minimum Gasteiger partial charge on any atom is -0.490 e. The molecular weight excluding hydrogens is 242 g/mol. The molecule has 0 spiro atoms. The number of nitrogens with two attached hydrogens (primary N) is 1. The van der Waals surface area contributed by atoms with Gasteiger partial charge in [0.25, 0.3) is 0 Å². The minimum atomic E-state index is -0.137. The van der Waals surface area contributed by atoms with Gasteiger partial charge in [-0.05, 0) is 31.0 Å². The van der Waals surface area contributed by atoms with Crippen molar-refractivity contribution in [3.63, 3.8) is 0 Å². The van der Waals surface area contributed by atoms with E-state index in [0.29, 0.717) is 19.8 Å². The van der Waals surface area contributed by atoms with E-state index in [1.165, 1.54) is 0 Å². The Morgan fingerprint density at radius 2 is 1.95 bits per heavy atom. The summed E-state index contributed by atoms with van der Waals surface area (Å²) in [6, 6.07) is 5.78. The van der Waals surface area contributed by atoms with Gasteiger partial charge in [0.2, 0.25) is 0 Å². The largest absolute Gasteiger partial charge is 0.490 e. The number of hydrogen-bond acceptors (Lipinski definition) is 4. The topological polar surface area (TPSA) is 53.7 Å². The van der Waals surface area contributed by atoms with Crippen molar-refractivity contribution in [1.82, 2.24) is 0 Å². The Hall–Kier alpha value is -1.26. The summed E-state index contributed by atoms with van der Waals surface area (Å²) in [6.45, 7) is 6.15. The van der Waals surface area contributed by atoms with Crippen molar-refractivity contribution in [3.8, 4) is 11.5 Å². The van der Waals surface area contributed by atoms with Crippen LogP contribution < -0.4 is 15.2 Å². The first-order valence-corrected chi connectivity index (χ1v) is 7.03. The lowest BCUT2D eigenvalue weighted by molar-refractivity contribution is 0.0413. The number of ether oxygens (including phenoxy) is 3. The molecule has 19 heavy (non-hydrogen) atoms. The molecule has 2 rings (SSSR count). The molecule has 1 aliphatic rings. The van der Waals surface area contributed by atoms with Crippen LogP contribution in [0.25, 0.3) is 0 Å². The Bertz CT molecular complexity index is 408. The molecule has 0 aliphatic carbocycles. The molecule has 1 aliphatic heterocycles. The van der Waals surface area contributed by atoms with E-state index in [2.05, 4.69) is 6.92 Å². The SMILES string of the molecule is CCOC(CC)C(N)c1ccc2c(c1)OCCCO2. The predicted octanol–water partition coefficient (Wildman–Crippen LogP) is 2.66. The zero-order valence-corrected chi connectivity index (χ0v) is 11.7. The summed E-state index contributed by atoms with van der Waals surface area (Å²) in [5.74, 6) is 1.59. The first-order valence-electron chi connectivity index (χ1n) is 7.03. The lowest BCUT2D eigenvalue weighted by Gasteiger charge is -2.23. The predicted molar refractivity (Wildman–Crippen MR) is 74.7 cm³/mol. The first kappa shape index (κ1) is 14.2. The van der Waals surface area contributed by atoms with Gasteiger partial charge < -0.3 is 19.9 Å².